The van der Waals surface area contributed by atoms with Crippen LogP contribution in [0.2, 0.25) is 5.02 Å². The van der Waals surface area contributed by atoms with E-state index in [2.05, 4.69) is 25.9 Å². The highest BCUT2D eigenvalue weighted by atomic mass is 35.5. The summed E-state index contributed by atoms with van der Waals surface area (Å²) in [6, 6.07) is 9.94. The second-order valence-electron chi connectivity index (χ2n) is 5.82. The van der Waals surface area contributed by atoms with Crippen LogP contribution in [0.4, 0.5) is 15.8 Å². The summed E-state index contributed by atoms with van der Waals surface area (Å²) in [6.45, 7) is 0. The minimum atomic E-state index is -0.611. The SMILES string of the molecule is CNC(=O)c1[nH]cnc1C(=O)Nc1ccc(NC(=O)c2ccc(F)c(Cl)c2)cc1. The van der Waals surface area contributed by atoms with Gasteiger partial charge in [-0.3, -0.25) is 14.4 Å². The Morgan fingerprint density at radius 3 is 2.17 bits per heavy atom. The summed E-state index contributed by atoms with van der Waals surface area (Å²) >= 11 is 5.68. The van der Waals surface area contributed by atoms with E-state index >= 15 is 0 Å². The quantitative estimate of drug-likeness (QED) is 0.512. The van der Waals surface area contributed by atoms with Gasteiger partial charge in [-0.05, 0) is 42.5 Å². The number of carbonyl (C=O) groups excluding carboxylic acids is 3. The van der Waals surface area contributed by atoms with Gasteiger partial charge in [0.25, 0.3) is 17.7 Å². The molecule has 0 atom stereocenters. The third kappa shape index (κ3) is 4.58. The van der Waals surface area contributed by atoms with E-state index in [0.29, 0.717) is 11.4 Å². The van der Waals surface area contributed by atoms with Crippen LogP contribution in [-0.2, 0) is 0 Å². The number of amides is 3. The van der Waals surface area contributed by atoms with Crippen molar-refractivity contribution in [2.45, 2.75) is 0 Å². The van der Waals surface area contributed by atoms with Crippen molar-refractivity contribution >= 4 is 40.7 Å². The minimum absolute atomic E-state index is 0.0464. The Labute approximate surface area is 169 Å². The van der Waals surface area contributed by atoms with Gasteiger partial charge in [-0.25, -0.2) is 9.37 Å². The molecule has 148 valence electrons. The number of rotatable bonds is 5. The molecule has 3 aromatic rings. The van der Waals surface area contributed by atoms with E-state index in [1.165, 1.54) is 25.5 Å². The predicted molar refractivity (Wildman–Crippen MR) is 106 cm³/mol. The molecule has 8 nitrogen and oxygen atoms in total. The molecular formula is C19H15ClFN5O3. The van der Waals surface area contributed by atoms with Gasteiger partial charge >= 0.3 is 0 Å². The number of hydrogen-bond donors (Lipinski definition) is 4. The van der Waals surface area contributed by atoms with E-state index in [4.69, 9.17) is 11.6 Å². The van der Waals surface area contributed by atoms with Crippen LogP contribution < -0.4 is 16.0 Å². The van der Waals surface area contributed by atoms with Gasteiger partial charge in [0.15, 0.2) is 5.69 Å². The molecule has 3 rings (SSSR count). The topological polar surface area (TPSA) is 116 Å². The van der Waals surface area contributed by atoms with Gasteiger partial charge in [0.1, 0.15) is 11.5 Å². The van der Waals surface area contributed by atoms with Crippen LogP contribution in [0.1, 0.15) is 31.3 Å². The molecule has 0 spiro atoms. The van der Waals surface area contributed by atoms with Crippen LogP contribution >= 0.6 is 11.6 Å². The maximum Gasteiger partial charge on any atom is 0.276 e. The number of aromatic amines is 1. The normalized spacial score (nSPS) is 10.3. The van der Waals surface area contributed by atoms with Crippen molar-refractivity contribution in [3.05, 3.63) is 76.6 Å². The summed E-state index contributed by atoms with van der Waals surface area (Å²) in [5, 5.41) is 7.52. The highest BCUT2D eigenvalue weighted by Gasteiger charge is 2.19. The monoisotopic (exact) mass is 415 g/mol. The zero-order valence-electron chi connectivity index (χ0n) is 15.0. The molecule has 3 amide bonds. The lowest BCUT2D eigenvalue weighted by atomic mass is 10.2. The first kappa shape index (κ1) is 20.0. The fourth-order valence-corrected chi connectivity index (χ4v) is 2.61. The van der Waals surface area contributed by atoms with Gasteiger partial charge in [-0.1, -0.05) is 11.6 Å². The van der Waals surface area contributed by atoms with Gasteiger partial charge < -0.3 is 20.9 Å². The molecular weight excluding hydrogens is 401 g/mol. The second kappa shape index (κ2) is 8.53. The fraction of sp³-hybridized carbons (Fsp3) is 0.0526. The molecule has 0 bridgehead atoms. The first-order valence-corrected chi connectivity index (χ1v) is 8.70. The zero-order valence-corrected chi connectivity index (χ0v) is 15.8. The van der Waals surface area contributed by atoms with E-state index in [9.17, 15) is 18.8 Å². The van der Waals surface area contributed by atoms with Crippen LogP contribution in [0, 0.1) is 5.82 Å². The van der Waals surface area contributed by atoms with Crippen LogP contribution in [0.15, 0.2) is 48.8 Å². The third-order valence-electron chi connectivity index (χ3n) is 3.89. The highest BCUT2D eigenvalue weighted by Crippen LogP contribution is 2.19. The van der Waals surface area contributed by atoms with Crippen molar-refractivity contribution in [3.63, 3.8) is 0 Å². The fourth-order valence-electron chi connectivity index (χ4n) is 2.43. The Hall–Kier alpha value is -3.72. The average molecular weight is 416 g/mol. The highest BCUT2D eigenvalue weighted by molar-refractivity contribution is 6.31. The smallest absolute Gasteiger partial charge is 0.276 e. The Morgan fingerprint density at radius 2 is 1.59 bits per heavy atom. The van der Waals surface area contributed by atoms with Crippen molar-refractivity contribution in [1.29, 1.82) is 0 Å². The number of H-pyrrole nitrogens is 1. The van der Waals surface area contributed by atoms with Crippen molar-refractivity contribution in [1.82, 2.24) is 15.3 Å². The first-order chi connectivity index (χ1) is 13.9. The Kier molecular flexibility index (Phi) is 5.89. The van der Waals surface area contributed by atoms with E-state index in [-0.39, 0.29) is 22.0 Å². The summed E-state index contributed by atoms with van der Waals surface area (Å²) in [7, 11) is 1.44. The van der Waals surface area contributed by atoms with Crippen LogP contribution in [0.3, 0.4) is 0 Å². The van der Waals surface area contributed by atoms with Crippen molar-refractivity contribution in [2.24, 2.45) is 0 Å². The Balaban J connectivity index is 1.66. The molecule has 10 heteroatoms. The molecule has 1 heterocycles. The molecule has 0 aliphatic rings. The summed E-state index contributed by atoms with van der Waals surface area (Å²) in [6.07, 6.45) is 1.25. The summed E-state index contributed by atoms with van der Waals surface area (Å²) in [5.74, 6) is -2.11. The molecule has 1 aromatic heterocycles. The summed E-state index contributed by atoms with van der Waals surface area (Å²) < 4.78 is 13.2. The number of halogens is 2. The summed E-state index contributed by atoms with van der Waals surface area (Å²) in [5.41, 5.74) is 1.10. The lowest BCUT2D eigenvalue weighted by molar-refractivity contribution is 0.0943. The van der Waals surface area contributed by atoms with Crippen LogP contribution in [0.5, 0.6) is 0 Å². The van der Waals surface area contributed by atoms with E-state index in [0.717, 1.165) is 6.07 Å². The number of aromatic nitrogens is 2. The second-order valence-corrected chi connectivity index (χ2v) is 6.23. The van der Waals surface area contributed by atoms with E-state index in [1.54, 1.807) is 24.3 Å². The molecule has 0 saturated carbocycles. The molecule has 0 aliphatic heterocycles. The van der Waals surface area contributed by atoms with Gasteiger partial charge in [0.2, 0.25) is 0 Å². The molecule has 0 unspecified atom stereocenters. The maximum atomic E-state index is 13.2. The van der Waals surface area contributed by atoms with Crippen molar-refractivity contribution in [3.8, 4) is 0 Å². The standard InChI is InChI=1S/C19H15ClFN5O3/c1-22-18(28)15-16(24-9-23-15)19(29)26-12-5-3-11(4-6-12)25-17(27)10-2-7-14(21)13(20)8-10/h2-9H,1H3,(H,22,28)(H,23,24)(H,25,27)(H,26,29). The maximum absolute atomic E-state index is 13.2. The molecule has 0 fully saturated rings. The van der Waals surface area contributed by atoms with E-state index < -0.39 is 23.5 Å². The Morgan fingerprint density at radius 1 is 0.966 bits per heavy atom. The lowest BCUT2D eigenvalue weighted by Gasteiger charge is -2.08. The number of nitrogens with one attached hydrogen (secondary N) is 4. The van der Waals surface area contributed by atoms with Gasteiger partial charge in [-0.2, -0.15) is 0 Å². The van der Waals surface area contributed by atoms with Crippen molar-refractivity contribution < 1.29 is 18.8 Å². The zero-order chi connectivity index (χ0) is 21.0. The van der Waals surface area contributed by atoms with E-state index in [1.807, 2.05) is 0 Å². The minimum Gasteiger partial charge on any atom is -0.354 e. The number of carbonyl (C=O) groups is 3. The first-order valence-electron chi connectivity index (χ1n) is 8.32. The van der Waals surface area contributed by atoms with Crippen LogP contribution in [-0.4, -0.2) is 34.7 Å². The number of benzene rings is 2. The molecule has 2 aromatic carbocycles. The van der Waals surface area contributed by atoms with Gasteiger partial charge in [0.05, 0.1) is 11.3 Å². The Bertz CT molecular complexity index is 1080. The predicted octanol–water partition coefficient (Wildman–Crippen LogP) is 3.07. The van der Waals surface area contributed by atoms with Gasteiger partial charge in [0, 0.05) is 24.0 Å². The van der Waals surface area contributed by atoms with Crippen LogP contribution in [0.25, 0.3) is 0 Å². The largest absolute Gasteiger partial charge is 0.354 e. The third-order valence-corrected chi connectivity index (χ3v) is 4.18. The lowest BCUT2D eigenvalue weighted by Crippen LogP contribution is -2.23. The molecule has 4 N–H and O–H groups in total. The number of hydrogen-bond acceptors (Lipinski definition) is 4. The number of imidazole rings is 1. The van der Waals surface area contributed by atoms with Crippen molar-refractivity contribution in [2.75, 3.05) is 17.7 Å². The summed E-state index contributed by atoms with van der Waals surface area (Å²) in [4.78, 5) is 42.8. The molecule has 0 saturated heterocycles. The van der Waals surface area contributed by atoms with Gasteiger partial charge in [-0.15, -0.1) is 0 Å². The molecule has 0 radical (unpaired) electrons. The average Bonchev–Trinajstić information content (AvgIpc) is 3.21. The number of anilines is 2. The molecule has 29 heavy (non-hydrogen) atoms. The molecule has 0 aliphatic carbocycles. The number of nitrogens with zero attached hydrogens (tertiary/aromatic N) is 1.